The van der Waals surface area contributed by atoms with E-state index >= 15 is 0 Å². The van der Waals surface area contributed by atoms with Gasteiger partial charge < -0.3 is 14.9 Å². The van der Waals surface area contributed by atoms with Crippen LogP contribution in [0.1, 0.15) is 36.5 Å². The van der Waals surface area contributed by atoms with Gasteiger partial charge in [-0.3, -0.25) is 9.69 Å². The first kappa shape index (κ1) is 17.2. The van der Waals surface area contributed by atoms with E-state index in [1.165, 1.54) is 12.8 Å². The van der Waals surface area contributed by atoms with E-state index in [0.717, 1.165) is 38.4 Å². The Balaban J connectivity index is 1.57. The molecule has 24 heavy (non-hydrogen) atoms. The lowest BCUT2D eigenvalue weighted by Gasteiger charge is -2.38. The van der Waals surface area contributed by atoms with E-state index in [4.69, 9.17) is 0 Å². The van der Waals surface area contributed by atoms with Gasteiger partial charge in [0.2, 0.25) is 0 Å². The Morgan fingerprint density at radius 2 is 1.88 bits per heavy atom. The fourth-order valence-corrected chi connectivity index (χ4v) is 3.62. The lowest BCUT2D eigenvalue weighted by Crippen LogP contribution is -2.52. The highest BCUT2D eigenvalue weighted by Crippen LogP contribution is 2.18. The molecule has 6 nitrogen and oxygen atoms in total. The van der Waals surface area contributed by atoms with Crippen LogP contribution in [0.25, 0.3) is 0 Å². The highest BCUT2D eigenvalue weighted by molar-refractivity contribution is 5.94. The van der Waals surface area contributed by atoms with Gasteiger partial charge in [-0.05, 0) is 31.4 Å². The molecule has 2 aliphatic rings. The molecule has 0 radical (unpaired) electrons. The third-order valence-electron chi connectivity index (χ3n) is 5.22. The predicted octanol–water partition coefficient (Wildman–Crippen LogP) is 1.21. The number of carbonyl (C=O) groups excluding carboxylic acids is 1. The molecule has 1 N–H and O–H groups in total. The zero-order chi connectivity index (χ0) is 16.9. The number of piperazine rings is 1. The summed E-state index contributed by atoms with van der Waals surface area (Å²) in [5.74, 6) is 1.04. The summed E-state index contributed by atoms with van der Waals surface area (Å²) in [4.78, 5) is 23.6. The molecule has 2 aliphatic heterocycles. The predicted molar refractivity (Wildman–Crippen MR) is 94.3 cm³/mol. The van der Waals surface area contributed by atoms with E-state index in [9.17, 15) is 9.90 Å². The molecule has 3 rings (SSSR count). The van der Waals surface area contributed by atoms with Gasteiger partial charge >= 0.3 is 0 Å². The molecule has 1 aromatic heterocycles. The molecule has 0 bridgehead atoms. The number of aliphatic hydroxyl groups excluding tert-OH is 1. The van der Waals surface area contributed by atoms with Crippen LogP contribution in [0.3, 0.4) is 0 Å². The van der Waals surface area contributed by atoms with Gasteiger partial charge in [-0.25, -0.2) is 4.98 Å². The number of amides is 1. The van der Waals surface area contributed by atoms with Crippen molar-refractivity contribution in [3.63, 3.8) is 0 Å². The monoisotopic (exact) mass is 332 g/mol. The number of anilines is 1. The second-order valence-corrected chi connectivity index (χ2v) is 6.67. The maximum atomic E-state index is 12.7. The Bertz CT molecular complexity index is 530. The molecule has 1 unspecified atom stereocenters. The van der Waals surface area contributed by atoms with E-state index in [2.05, 4.69) is 21.7 Å². The van der Waals surface area contributed by atoms with E-state index in [1.807, 2.05) is 17.0 Å². The van der Waals surface area contributed by atoms with Crippen molar-refractivity contribution in [1.29, 1.82) is 0 Å². The summed E-state index contributed by atoms with van der Waals surface area (Å²) in [6, 6.07) is 4.08. The molecule has 0 aromatic carbocycles. The van der Waals surface area contributed by atoms with Crippen LogP contribution in [0.15, 0.2) is 18.3 Å². The summed E-state index contributed by atoms with van der Waals surface area (Å²) in [6.45, 7) is 7.47. The molecule has 0 aliphatic carbocycles. The van der Waals surface area contributed by atoms with Crippen LogP contribution in [-0.2, 0) is 0 Å². The maximum Gasteiger partial charge on any atom is 0.255 e. The van der Waals surface area contributed by atoms with E-state index in [0.29, 0.717) is 18.7 Å². The van der Waals surface area contributed by atoms with E-state index < -0.39 is 0 Å². The fourth-order valence-electron chi connectivity index (χ4n) is 3.62. The Hall–Kier alpha value is -1.66. The van der Waals surface area contributed by atoms with Crippen molar-refractivity contribution in [2.24, 2.45) is 0 Å². The van der Waals surface area contributed by atoms with Crippen molar-refractivity contribution in [3.05, 3.63) is 23.9 Å². The minimum Gasteiger partial charge on any atom is -0.395 e. The highest BCUT2D eigenvalue weighted by Gasteiger charge is 2.25. The average molecular weight is 332 g/mol. The van der Waals surface area contributed by atoms with Crippen molar-refractivity contribution >= 4 is 11.7 Å². The van der Waals surface area contributed by atoms with Crippen molar-refractivity contribution in [2.75, 3.05) is 50.8 Å². The topological polar surface area (TPSA) is 59.9 Å². The molecule has 6 heteroatoms. The van der Waals surface area contributed by atoms with Crippen LogP contribution in [0.4, 0.5) is 5.82 Å². The molecule has 1 amide bonds. The van der Waals surface area contributed by atoms with Crippen molar-refractivity contribution in [3.8, 4) is 0 Å². The Morgan fingerprint density at radius 3 is 2.42 bits per heavy atom. The molecule has 2 fully saturated rings. The second kappa shape index (κ2) is 7.94. The lowest BCUT2D eigenvalue weighted by molar-refractivity contribution is 0.0472. The standard InChI is InChI=1S/C18H28N4O2/c1-2-16(14-23)20-9-11-22(12-10-20)18(24)15-5-6-17(19-13-15)21-7-3-4-8-21/h5-6,13,16,23H,2-4,7-12,14H2,1H3. The Kier molecular flexibility index (Phi) is 5.68. The maximum absolute atomic E-state index is 12.7. The van der Waals surface area contributed by atoms with E-state index in [-0.39, 0.29) is 18.6 Å². The lowest BCUT2D eigenvalue weighted by atomic mass is 10.1. The fraction of sp³-hybridized carbons (Fsp3) is 0.667. The SMILES string of the molecule is CCC(CO)N1CCN(C(=O)c2ccc(N3CCCC3)nc2)CC1. The minimum atomic E-state index is 0.0622. The van der Waals surface area contributed by atoms with Gasteiger partial charge in [-0.15, -0.1) is 0 Å². The van der Waals surface area contributed by atoms with E-state index in [1.54, 1.807) is 6.20 Å². The van der Waals surface area contributed by atoms with Gasteiger partial charge in [0.25, 0.3) is 5.91 Å². The number of hydrogen-bond donors (Lipinski definition) is 1. The summed E-state index contributed by atoms with van der Waals surface area (Å²) in [5.41, 5.74) is 0.667. The Morgan fingerprint density at radius 1 is 1.17 bits per heavy atom. The summed E-state index contributed by atoms with van der Waals surface area (Å²) in [7, 11) is 0. The summed E-state index contributed by atoms with van der Waals surface area (Å²) < 4.78 is 0. The van der Waals surface area contributed by atoms with Crippen molar-refractivity contribution < 1.29 is 9.90 Å². The molecule has 0 spiro atoms. The number of aliphatic hydroxyl groups is 1. The summed E-state index contributed by atoms with van der Waals surface area (Å²) in [5, 5.41) is 9.41. The molecule has 0 saturated carbocycles. The number of carbonyl (C=O) groups is 1. The largest absolute Gasteiger partial charge is 0.395 e. The van der Waals surface area contributed by atoms with Crippen LogP contribution >= 0.6 is 0 Å². The highest BCUT2D eigenvalue weighted by atomic mass is 16.3. The number of nitrogens with zero attached hydrogens (tertiary/aromatic N) is 4. The van der Waals surface area contributed by atoms with Crippen LogP contribution in [0.2, 0.25) is 0 Å². The number of rotatable bonds is 5. The van der Waals surface area contributed by atoms with Crippen LogP contribution in [-0.4, -0.2) is 77.7 Å². The molecule has 2 saturated heterocycles. The quantitative estimate of drug-likeness (QED) is 0.878. The van der Waals surface area contributed by atoms with Gasteiger partial charge in [0.05, 0.1) is 12.2 Å². The number of pyridine rings is 1. The molecule has 1 aromatic rings. The zero-order valence-corrected chi connectivity index (χ0v) is 14.5. The van der Waals surface area contributed by atoms with Crippen LogP contribution in [0.5, 0.6) is 0 Å². The molecular formula is C18H28N4O2. The van der Waals surface area contributed by atoms with Gasteiger partial charge in [0.1, 0.15) is 5.82 Å². The van der Waals surface area contributed by atoms with Crippen molar-refractivity contribution in [2.45, 2.75) is 32.2 Å². The molecule has 132 valence electrons. The number of aromatic nitrogens is 1. The summed E-state index contributed by atoms with van der Waals surface area (Å²) in [6.07, 6.45) is 5.09. The molecule has 1 atom stereocenters. The Labute approximate surface area is 144 Å². The first-order valence-electron chi connectivity index (χ1n) is 9.08. The van der Waals surface area contributed by atoms with Crippen LogP contribution in [0, 0.1) is 0 Å². The average Bonchev–Trinajstić information content (AvgIpc) is 3.18. The van der Waals surface area contributed by atoms with Crippen molar-refractivity contribution in [1.82, 2.24) is 14.8 Å². The second-order valence-electron chi connectivity index (χ2n) is 6.67. The zero-order valence-electron chi connectivity index (χ0n) is 14.5. The molecular weight excluding hydrogens is 304 g/mol. The molecule has 3 heterocycles. The minimum absolute atomic E-state index is 0.0622. The third-order valence-corrected chi connectivity index (χ3v) is 5.22. The summed E-state index contributed by atoms with van der Waals surface area (Å²) >= 11 is 0. The first-order chi connectivity index (χ1) is 11.7. The van der Waals surface area contributed by atoms with Gasteiger partial charge in [0, 0.05) is 51.5 Å². The number of hydrogen-bond acceptors (Lipinski definition) is 5. The van der Waals surface area contributed by atoms with Gasteiger partial charge in [0.15, 0.2) is 0 Å². The third kappa shape index (κ3) is 3.70. The van der Waals surface area contributed by atoms with Gasteiger partial charge in [-0.1, -0.05) is 6.92 Å². The normalized spacial score (nSPS) is 20.4. The van der Waals surface area contributed by atoms with Crippen LogP contribution < -0.4 is 4.90 Å². The smallest absolute Gasteiger partial charge is 0.255 e. The first-order valence-corrected chi connectivity index (χ1v) is 9.08. The van der Waals surface area contributed by atoms with Gasteiger partial charge in [-0.2, -0.15) is 0 Å².